The molecule has 0 radical (unpaired) electrons. The topological polar surface area (TPSA) is 66.7 Å². The van der Waals surface area contributed by atoms with Crippen molar-refractivity contribution in [1.82, 2.24) is 13.6 Å². The molecule has 2 aromatic rings. The molecule has 0 aliphatic carbocycles. The summed E-state index contributed by atoms with van der Waals surface area (Å²) >= 11 is 6.01. The van der Waals surface area contributed by atoms with E-state index in [9.17, 15) is 8.42 Å². The van der Waals surface area contributed by atoms with Gasteiger partial charge in [-0.1, -0.05) is 18.5 Å². The summed E-state index contributed by atoms with van der Waals surface area (Å²) in [5.41, 5.74) is 1.48. The Labute approximate surface area is 159 Å². The third-order valence-electron chi connectivity index (χ3n) is 5.44. The molecule has 3 heterocycles. The molecular weight excluding hydrogens is 374 g/mol. The maximum absolute atomic E-state index is 12.9. The first-order valence-electron chi connectivity index (χ1n) is 9.24. The van der Waals surface area contributed by atoms with Crippen LogP contribution >= 0.6 is 11.6 Å². The molecule has 1 aromatic heterocycles. The molecule has 0 amide bonds. The standard InChI is InChI=1S/C18H24ClN3O3S/c1-13-3-2-8-22(12-13)26(23,24)21-9-6-14(7-10-21)18-20-16-11-15(19)4-5-17(16)25-18/h4-5,11,13-14H,2-3,6-10,12H2,1H3. The molecule has 1 atom stereocenters. The Balaban J connectivity index is 1.44. The van der Waals surface area contributed by atoms with Gasteiger partial charge < -0.3 is 4.42 Å². The van der Waals surface area contributed by atoms with Crippen molar-refractivity contribution >= 4 is 32.9 Å². The van der Waals surface area contributed by atoms with Crippen LogP contribution in [0.25, 0.3) is 11.1 Å². The van der Waals surface area contributed by atoms with Gasteiger partial charge in [-0.15, -0.1) is 0 Å². The van der Waals surface area contributed by atoms with Crippen molar-refractivity contribution < 1.29 is 12.8 Å². The lowest BCUT2D eigenvalue weighted by molar-refractivity contribution is 0.236. The minimum atomic E-state index is -3.36. The van der Waals surface area contributed by atoms with Gasteiger partial charge in [-0.2, -0.15) is 17.0 Å². The Morgan fingerprint density at radius 2 is 1.92 bits per heavy atom. The maximum Gasteiger partial charge on any atom is 0.281 e. The summed E-state index contributed by atoms with van der Waals surface area (Å²) in [6.07, 6.45) is 3.50. The molecule has 26 heavy (non-hydrogen) atoms. The first kappa shape index (κ1) is 18.2. The highest BCUT2D eigenvalue weighted by atomic mass is 35.5. The van der Waals surface area contributed by atoms with Gasteiger partial charge in [0.05, 0.1) is 0 Å². The van der Waals surface area contributed by atoms with Gasteiger partial charge in [-0.25, -0.2) is 4.98 Å². The number of halogens is 1. The van der Waals surface area contributed by atoms with Crippen LogP contribution in [0.15, 0.2) is 22.6 Å². The van der Waals surface area contributed by atoms with Gasteiger partial charge in [-0.3, -0.25) is 0 Å². The fourth-order valence-corrected chi connectivity index (χ4v) is 5.91. The molecule has 6 nitrogen and oxygen atoms in total. The molecule has 0 bridgehead atoms. The van der Waals surface area contributed by atoms with Crippen LogP contribution in [0, 0.1) is 5.92 Å². The zero-order valence-electron chi connectivity index (χ0n) is 14.9. The monoisotopic (exact) mass is 397 g/mol. The average molecular weight is 398 g/mol. The fourth-order valence-electron chi connectivity index (χ4n) is 3.95. The van der Waals surface area contributed by atoms with E-state index in [0.717, 1.165) is 36.8 Å². The lowest BCUT2D eigenvalue weighted by Crippen LogP contribution is -2.49. The highest BCUT2D eigenvalue weighted by Gasteiger charge is 2.36. The van der Waals surface area contributed by atoms with E-state index < -0.39 is 10.2 Å². The number of oxazole rings is 1. The Morgan fingerprint density at radius 1 is 1.15 bits per heavy atom. The van der Waals surface area contributed by atoms with E-state index in [-0.39, 0.29) is 5.92 Å². The summed E-state index contributed by atoms with van der Waals surface area (Å²) in [6.45, 7) is 4.41. The molecule has 142 valence electrons. The molecule has 2 aliphatic heterocycles. The normalized spacial score (nSPS) is 24.3. The minimum Gasteiger partial charge on any atom is -0.440 e. The number of hydrogen-bond acceptors (Lipinski definition) is 4. The summed E-state index contributed by atoms with van der Waals surface area (Å²) < 4.78 is 35.0. The Morgan fingerprint density at radius 3 is 2.65 bits per heavy atom. The first-order chi connectivity index (χ1) is 12.4. The molecule has 0 saturated carbocycles. The molecule has 1 unspecified atom stereocenters. The van der Waals surface area contributed by atoms with Crippen LogP contribution in [-0.2, 0) is 10.2 Å². The number of rotatable bonds is 3. The smallest absolute Gasteiger partial charge is 0.281 e. The minimum absolute atomic E-state index is 0.146. The highest BCUT2D eigenvalue weighted by molar-refractivity contribution is 7.86. The van der Waals surface area contributed by atoms with E-state index in [1.165, 1.54) is 0 Å². The van der Waals surface area contributed by atoms with E-state index >= 15 is 0 Å². The molecule has 0 N–H and O–H groups in total. The Kier molecular flexibility index (Phi) is 4.98. The van der Waals surface area contributed by atoms with Gasteiger partial charge in [0, 0.05) is 37.1 Å². The van der Waals surface area contributed by atoms with Crippen LogP contribution in [0.5, 0.6) is 0 Å². The van der Waals surface area contributed by atoms with Crippen molar-refractivity contribution in [2.75, 3.05) is 26.2 Å². The van der Waals surface area contributed by atoms with E-state index in [4.69, 9.17) is 16.0 Å². The van der Waals surface area contributed by atoms with Crippen LogP contribution in [0.3, 0.4) is 0 Å². The van der Waals surface area contributed by atoms with Crippen LogP contribution in [0.4, 0.5) is 0 Å². The Bertz CT molecular complexity index is 890. The van der Waals surface area contributed by atoms with Crippen molar-refractivity contribution in [3.8, 4) is 0 Å². The Hall–Kier alpha value is -1.15. The fraction of sp³-hybridized carbons (Fsp3) is 0.611. The number of aromatic nitrogens is 1. The first-order valence-corrected chi connectivity index (χ1v) is 11.0. The largest absolute Gasteiger partial charge is 0.440 e. The number of fused-ring (bicyclic) bond motifs is 1. The summed E-state index contributed by atoms with van der Waals surface area (Å²) in [5.74, 6) is 1.27. The van der Waals surface area contributed by atoms with Crippen molar-refractivity contribution in [2.24, 2.45) is 5.92 Å². The molecule has 8 heteroatoms. The number of nitrogens with zero attached hydrogens (tertiary/aromatic N) is 3. The van der Waals surface area contributed by atoms with Gasteiger partial charge in [-0.05, 0) is 49.8 Å². The third kappa shape index (κ3) is 3.50. The third-order valence-corrected chi connectivity index (χ3v) is 7.68. The second kappa shape index (κ2) is 7.11. The summed E-state index contributed by atoms with van der Waals surface area (Å²) in [4.78, 5) is 4.55. The highest BCUT2D eigenvalue weighted by Crippen LogP contribution is 2.32. The van der Waals surface area contributed by atoms with Crippen molar-refractivity contribution in [2.45, 2.75) is 38.5 Å². The summed E-state index contributed by atoms with van der Waals surface area (Å²) in [5, 5.41) is 0.633. The van der Waals surface area contributed by atoms with Crippen LogP contribution < -0.4 is 0 Å². The zero-order chi connectivity index (χ0) is 18.3. The van der Waals surface area contributed by atoms with Crippen LogP contribution in [0.1, 0.15) is 44.4 Å². The van der Waals surface area contributed by atoms with E-state index in [1.54, 1.807) is 20.7 Å². The second-order valence-corrected chi connectivity index (χ2v) is 9.82. The van der Waals surface area contributed by atoms with E-state index in [0.29, 0.717) is 43.0 Å². The number of piperidine rings is 2. The molecular formula is C18H24ClN3O3S. The molecule has 0 spiro atoms. The number of hydrogen-bond donors (Lipinski definition) is 0. The van der Waals surface area contributed by atoms with Gasteiger partial charge in [0.2, 0.25) is 0 Å². The van der Waals surface area contributed by atoms with Gasteiger partial charge in [0.15, 0.2) is 11.5 Å². The predicted molar refractivity (Wildman–Crippen MR) is 101 cm³/mol. The van der Waals surface area contributed by atoms with Gasteiger partial charge >= 0.3 is 0 Å². The van der Waals surface area contributed by atoms with Crippen molar-refractivity contribution in [3.05, 3.63) is 29.1 Å². The summed E-state index contributed by atoms with van der Waals surface area (Å²) in [6, 6.07) is 5.40. The van der Waals surface area contributed by atoms with E-state index in [1.807, 2.05) is 6.07 Å². The van der Waals surface area contributed by atoms with Crippen molar-refractivity contribution in [3.63, 3.8) is 0 Å². The predicted octanol–water partition coefficient (Wildman–Crippen LogP) is 3.64. The van der Waals surface area contributed by atoms with Crippen molar-refractivity contribution in [1.29, 1.82) is 0 Å². The number of benzene rings is 1. The molecule has 1 aromatic carbocycles. The average Bonchev–Trinajstić information content (AvgIpc) is 3.05. The molecule has 2 fully saturated rings. The molecule has 4 rings (SSSR count). The van der Waals surface area contributed by atoms with Crippen LogP contribution in [-0.4, -0.2) is 48.2 Å². The zero-order valence-corrected chi connectivity index (χ0v) is 16.5. The van der Waals surface area contributed by atoms with Crippen LogP contribution in [0.2, 0.25) is 5.02 Å². The quantitative estimate of drug-likeness (QED) is 0.793. The summed E-state index contributed by atoms with van der Waals surface area (Å²) in [7, 11) is -3.36. The second-order valence-electron chi connectivity index (χ2n) is 7.45. The maximum atomic E-state index is 12.9. The SMILES string of the molecule is CC1CCCN(S(=O)(=O)N2CCC(c3nc4cc(Cl)ccc4o3)CC2)C1. The van der Waals surface area contributed by atoms with Gasteiger partial charge in [0.25, 0.3) is 10.2 Å². The molecule has 2 aliphatic rings. The van der Waals surface area contributed by atoms with E-state index in [2.05, 4.69) is 11.9 Å². The van der Waals surface area contributed by atoms with Gasteiger partial charge in [0.1, 0.15) is 5.52 Å². The lowest BCUT2D eigenvalue weighted by Gasteiger charge is -2.37. The lowest BCUT2D eigenvalue weighted by atomic mass is 9.98. The molecule has 2 saturated heterocycles.